The molecule has 0 saturated heterocycles. The molecule has 0 spiro atoms. The molecule has 0 saturated carbocycles. The number of carbonyl (C=O) groups is 1. The van der Waals surface area contributed by atoms with Gasteiger partial charge in [-0.2, -0.15) is 0 Å². The van der Waals surface area contributed by atoms with Crippen LogP contribution in [0, 0.1) is 12.7 Å². The van der Waals surface area contributed by atoms with E-state index in [2.05, 4.69) is 15.9 Å². The van der Waals surface area contributed by atoms with Gasteiger partial charge in [-0.15, -0.1) is 0 Å². The zero-order valence-electron chi connectivity index (χ0n) is 11.9. The van der Waals surface area contributed by atoms with Gasteiger partial charge < -0.3 is 9.47 Å². The van der Waals surface area contributed by atoms with E-state index in [4.69, 9.17) is 9.47 Å². The summed E-state index contributed by atoms with van der Waals surface area (Å²) in [7, 11) is 3.03. The van der Waals surface area contributed by atoms with Gasteiger partial charge in [0.15, 0.2) is 17.3 Å². The maximum atomic E-state index is 13.4. The molecule has 2 aromatic rings. The Morgan fingerprint density at radius 3 is 2.29 bits per heavy atom. The minimum Gasteiger partial charge on any atom is -0.493 e. The molecule has 0 N–H and O–H groups in total. The van der Waals surface area contributed by atoms with Gasteiger partial charge >= 0.3 is 0 Å². The standard InChI is InChI=1S/C16H14BrFO3/c1-9-6-14(20-2)15(21-3)8-11(9)16(19)12-7-10(18)4-5-13(12)17/h4-8H,1-3H3. The molecule has 3 nitrogen and oxygen atoms in total. The van der Waals surface area contributed by atoms with Crippen LogP contribution < -0.4 is 9.47 Å². The Labute approximate surface area is 130 Å². The molecule has 0 radical (unpaired) electrons. The molecular weight excluding hydrogens is 339 g/mol. The summed E-state index contributed by atoms with van der Waals surface area (Å²) in [6.07, 6.45) is 0. The molecule has 0 heterocycles. The minimum absolute atomic E-state index is 0.269. The number of methoxy groups -OCH3 is 2. The van der Waals surface area contributed by atoms with Crippen LogP contribution in [-0.4, -0.2) is 20.0 Å². The highest BCUT2D eigenvalue weighted by Gasteiger charge is 2.18. The molecule has 0 aromatic heterocycles. The van der Waals surface area contributed by atoms with E-state index in [-0.39, 0.29) is 11.3 Å². The van der Waals surface area contributed by atoms with Gasteiger partial charge in [-0.25, -0.2) is 4.39 Å². The Hall–Kier alpha value is -1.88. The molecular formula is C16H14BrFO3. The zero-order valence-corrected chi connectivity index (χ0v) is 13.5. The van der Waals surface area contributed by atoms with Gasteiger partial charge in [0.25, 0.3) is 0 Å². The number of ketones is 1. The lowest BCUT2D eigenvalue weighted by Gasteiger charge is -2.12. The van der Waals surface area contributed by atoms with Crippen LogP contribution in [0.25, 0.3) is 0 Å². The molecule has 0 fully saturated rings. The first-order chi connectivity index (χ1) is 9.97. The molecule has 0 atom stereocenters. The summed E-state index contributed by atoms with van der Waals surface area (Å²) in [5.41, 5.74) is 1.44. The van der Waals surface area contributed by atoms with Crippen LogP contribution in [0.5, 0.6) is 11.5 Å². The van der Waals surface area contributed by atoms with Gasteiger partial charge in [0.2, 0.25) is 0 Å². The first-order valence-corrected chi connectivity index (χ1v) is 6.99. The maximum absolute atomic E-state index is 13.4. The van der Waals surface area contributed by atoms with Crippen molar-refractivity contribution in [3.8, 4) is 11.5 Å². The second kappa shape index (κ2) is 6.26. The summed E-state index contributed by atoms with van der Waals surface area (Å²) < 4.78 is 24.3. The smallest absolute Gasteiger partial charge is 0.194 e. The van der Waals surface area contributed by atoms with Crippen molar-refractivity contribution in [1.82, 2.24) is 0 Å². The summed E-state index contributed by atoms with van der Waals surface area (Å²) in [5.74, 6) is 0.267. The molecule has 0 aliphatic rings. The van der Waals surface area contributed by atoms with Gasteiger partial charge in [-0.1, -0.05) is 15.9 Å². The minimum atomic E-state index is -0.459. The first kappa shape index (κ1) is 15.5. The van der Waals surface area contributed by atoms with Crippen LogP contribution in [-0.2, 0) is 0 Å². The number of ether oxygens (including phenoxy) is 2. The number of carbonyl (C=O) groups excluding carboxylic acids is 1. The third kappa shape index (κ3) is 3.08. The van der Waals surface area contributed by atoms with E-state index in [0.717, 1.165) is 5.56 Å². The molecule has 0 unspecified atom stereocenters. The van der Waals surface area contributed by atoms with Crippen LogP contribution in [0.4, 0.5) is 4.39 Å². The molecule has 110 valence electrons. The van der Waals surface area contributed by atoms with Crippen LogP contribution in [0.3, 0.4) is 0 Å². The lowest BCUT2D eigenvalue weighted by atomic mass is 9.98. The van der Waals surface area contributed by atoms with Crippen LogP contribution >= 0.6 is 15.9 Å². The second-order valence-electron chi connectivity index (χ2n) is 4.48. The van der Waals surface area contributed by atoms with Crippen molar-refractivity contribution in [2.24, 2.45) is 0 Å². The number of aryl methyl sites for hydroxylation is 1. The largest absolute Gasteiger partial charge is 0.493 e. The lowest BCUT2D eigenvalue weighted by Crippen LogP contribution is -2.06. The van der Waals surface area contributed by atoms with Crippen molar-refractivity contribution in [1.29, 1.82) is 0 Å². The lowest BCUT2D eigenvalue weighted by molar-refractivity contribution is 0.103. The maximum Gasteiger partial charge on any atom is 0.194 e. The predicted octanol–water partition coefficient (Wildman–Crippen LogP) is 4.14. The molecule has 0 aliphatic heterocycles. The van der Waals surface area contributed by atoms with E-state index < -0.39 is 5.82 Å². The Bertz CT molecular complexity index is 698. The van der Waals surface area contributed by atoms with Crippen molar-refractivity contribution >= 4 is 21.7 Å². The fraction of sp³-hybridized carbons (Fsp3) is 0.188. The first-order valence-electron chi connectivity index (χ1n) is 6.20. The summed E-state index contributed by atoms with van der Waals surface area (Å²) >= 11 is 3.27. The van der Waals surface area contributed by atoms with Crippen molar-refractivity contribution < 1.29 is 18.7 Å². The topological polar surface area (TPSA) is 35.5 Å². The van der Waals surface area contributed by atoms with Crippen LogP contribution in [0.15, 0.2) is 34.8 Å². The molecule has 21 heavy (non-hydrogen) atoms. The number of hydrogen-bond acceptors (Lipinski definition) is 3. The van der Waals surface area contributed by atoms with Gasteiger partial charge in [-0.3, -0.25) is 4.79 Å². The summed E-state index contributed by atoms with van der Waals surface area (Å²) in [4.78, 5) is 12.6. The van der Waals surface area contributed by atoms with E-state index in [9.17, 15) is 9.18 Å². The fourth-order valence-electron chi connectivity index (χ4n) is 2.04. The average molecular weight is 353 g/mol. The van der Waals surface area contributed by atoms with Crippen LogP contribution in [0.1, 0.15) is 21.5 Å². The highest BCUT2D eigenvalue weighted by atomic mass is 79.9. The number of halogens is 2. The Morgan fingerprint density at radius 1 is 1.05 bits per heavy atom. The van der Waals surface area contributed by atoms with E-state index >= 15 is 0 Å². The van der Waals surface area contributed by atoms with Crippen LogP contribution in [0.2, 0.25) is 0 Å². The molecule has 2 rings (SSSR count). The molecule has 2 aromatic carbocycles. The fourth-order valence-corrected chi connectivity index (χ4v) is 2.47. The number of hydrogen-bond donors (Lipinski definition) is 0. The normalized spacial score (nSPS) is 10.3. The van der Waals surface area contributed by atoms with Gasteiger partial charge in [-0.05, 0) is 42.8 Å². The van der Waals surface area contributed by atoms with Gasteiger partial charge in [0.1, 0.15) is 5.82 Å². The van der Waals surface area contributed by atoms with E-state index in [1.807, 2.05) is 0 Å². The summed E-state index contributed by atoms with van der Waals surface area (Å²) in [5, 5.41) is 0. The Kier molecular flexibility index (Phi) is 4.63. The van der Waals surface area contributed by atoms with E-state index in [0.29, 0.717) is 21.5 Å². The monoisotopic (exact) mass is 352 g/mol. The molecule has 0 bridgehead atoms. The quantitative estimate of drug-likeness (QED) is 0.775. The summed E-state index contributed by atoms with van der Waals surface area (Å²) in [6.45, 7) is 1.79. The zero-order chi connectivity index (χ0) is 15.6. The third-order valence-electron chi connectivity index (χ3n) is 3.15. The van der Waals surface area contributed by atoms with E-state index in [1.165, 1.54) is 32.4 Å². The van der Waals surface area contributed by atoms with E-state index in [1.54, 1.807) is 19.1 Å². The summed E-state index contributed by atoms with van der Waals surface area (Å²) in [6, 6.07) is 7.34. The highest BCUT2D eigenvalue weighted by Crippen LogP contribution is 2.32. The predicted molar refractivity (Wildman–Crippen MR) is 81.8 cm³/mol. The second-order valence-corrected chi connectivity index (χ2v) is 5.33. The van der Waals surface area contributed by atoms with Gasteiger partial charge in [0, 0.05) is 15.6 Å². The average Bonchev–Trinajstić information content (AvgIpc) is 2.48. The number of rotatable bonds is 4. The Balaban J connectivity index is 2.55. The highest BCUT2D eigenvalue weighted by molar-refractivity contribution is 9.10. The number of benzene rings is 2. The molecule has 0 amide bonds. The molecule has 5 heteroatoms. The third-order valence-corrected chi connectivity index (χ3v) is 3.84. The van der Waals surface area contributed by atoms with Crippen molar-refractivity contribution in [2.45, 2.75) is 6.92 Å². The molecule has 0 aliphatic carbocycles. The SMILES string of the molecule is COc1cc(C)c(C(=O)c2cc(F)ccc2Br)cc1OC. The Morgan fingerprint density at radius 2 is 1.67 bits per heavy atom. The van der Waals surface area contributed by atoms with Crippen molar-refractivity contribution in [2.75, 3.05) is 14.2 Å². The van der Waals surface area contributed by atoms with Crippen molar-refractivity contribution in [3.05, 3.63) is 57.3 Å². The van der Waals surface area contributed by atoms with Crippen molar-refractivity contribution in [3.63, 3.8) is 0 Å². The van der Waals surface area contributed by atoms with Gasteiger partial charge in [0.05, 0.1) is 14.2 Å².